The number of fused-ring (bicyclic) bond motifs is 3. The smallest absolute Gasteiger partial charge is 0.407 e. The molecule has 0 spiro atoms. The van der Waals surface area contributed by atoms with E-state index in [1.54, 1.807) is 20.8 Å². The zero-order valence-corrected chi connectivity index (χ0v) is 20.2. The van der Waals surface area contributed by atoms with Gasteiger partial charge in [-0.05, 0) is 41.5 Å². The summed E-state index contributed by atoms with van der Waals surface area (Å²) in [5, 5.41) is 15.0. The normalized spacial score (nSPS) is 20.6. The summed E-state index contributed by atoms with van der Waals surface area (Å²) in [7, 11) is 0. The summed E-state index contributed by atoms with van der Waals surface area (Å²) in [6.07, 6.45) is -1.05. The number of ether oxygens (including phenoxy) is 2. The van der Waals surface area contributed by atoms with Gasteiger partial charge in [0, 0.05) is 18.6 Å². The Balaban J connectivity index is 1.35. The zero-order valence-electron chi connectivity index (χ0n) is 20.2. The lowest BCUT2D eigenvalue weighted by atomic mass is 9.89. The molecule has 1 heterocycles. The van der Waals surface area contributed by atoms with Gasteiger partial charge in [-0.3, -0.25) is 9.59 Å². The first-order chi connectivity index (χ1) is 16.8. The van der Waals surface area contributed by atoms with Crippen LogP contribution in [0.3, 0.4) is 0 Å². The van der Waals surface area contributed by atoms with Crippen molar-refractivity contribution in [2.24, 2.45) is 11.8 Å². The Morgan fingerprint density at radius 2 is 1.63 bits per heavy atom. The molecule has 8 heteroatoms. The number of aliphatic carboxylic acids is 1. The third-order valence-electron chi connectivity index (χ3n) is 6.91. The summed E-state index contributed by atoms with van der Waals surface area (Å²) in [5.41, 5.74) is 4.53. The molecule has 186 valence electrons. The highest BCUT2D eigenvalue weighted by molar-refractivity contribution is 5.84. The number of amides is 2. The fourth-order valence-electron chi connectivity index (χ4n) is 5.26. The van der Waals surface area contributed by atoms with Crippen LogP contribution in [0.25, 0.3) is 11.1 Å². The molecule has 1 aliphatic heterocycles. The highest BCUT2D eigenvalue weighted by Gasteiger charge is 2.38. The summed E-state index contributed by atoms with van der Waals surface area (Å²) in [5.74, 6) is -2.34. The van der Waals surface area contributed by atoms with E-state index in [9.17, 15) is 19.5 Å². The lowest BCUT2D eigenvalue weighted by Gasteiger charge is -2.27. The van der Waals surface area contributed by atoms with Crippen LogP contribution < -0.4 is 10.6 Å². The molecule has 0 bridgehead atoms. The maximum absolute atomic E-state index is 12.8. The first kappa shape index (κ1) is 24.7. The summed E-state index contributed by atoms with van der Waals surface area (Å²) in [6.45, 7) is 5.76. The van der Waals surface area contributed by atoms with Gasteiger partial charge in [-0.25, -0.2) is 4.79 Å². The molecule has 0 radical (unpaired) electrons. The Bertz CT molecular complexity index is 1060. The van der Waals surface area contributed by atoms with E-state index in [1.807, 2.05) is 24.3 Å². The van der Waals surface area contributed by atoms with Gasteiger partial charge in [-0.2, -0.15) is 0 Å². The molecule has 2 aromatic rings. The van der Waals surface area contributed by atoms with Crippen LogP contribution in [0.2, 0.25) is 0 Å². The van der Waals surface area contributed by atoms with Gasteiger partial charge in [-0.15, -0.1) is 0 Å². The average molecular weight is 481 g/mol. The first-order valence-electron chi connectivity index (χ1n) is 12.0. The lowest BCUT2D eigenvalue weighted by molar-refractivity contribution is -0.145. The van der Waals surface area contributed by atoms with Crippen LogP contribution in [-0.4, -0.2) is 54.5 Å². The third-order valence-corrected chi connectivity index (χ3v) is 6.91. The number of alkyl carbamates (subject to hydrolysis) is 1. The van der Waals surface area contributed by atoms with Crippen molar-refractivity contribution >= 4 is 18.0 Å². The maximum Gasteiger partial charge on any atom is 0.407 e. The molecule has 4 atom stereocenters. The SMILES string of the molecule is CC(C)C(C(=O)O)C(C)NC(=O)[C@@H]1OCC[C@@H]1NC(=O)OCC1c2ccccc2-c2ccccc21. The Morgan fingerprint density at radius 1 is 1.03 bits per heavy atom. The van der Waals surface area contributed by atoms with Gasteiger partial charge in [0.05, 0.1) is 12.0 Å². The largest absolute Gasteiger partial charge is 0.481 e. The van der Waals surface area contributed by atoms with Crippen LogP contribution in [0.5, 0.6) is 0 Å². The van der Waals surface area contributed by atoms with E-state index >= 15 is 0 Å². The number of benzene rings is 2. The molecule has 1 saturated heterocycles. The molecular formula is C27H32N2O6. The molecule has 4 rings (SSSR count). The van der Waals surface area contributed by atoms with Gasteiger partial charge >= 0.3 is 12.1 Å². The number of nitrogens with one attached hydrogen (secondary N) is 2. The summed E-state index contributed by atoms with van der Waals surface area (Å²) < 4.78 is 11.2. The van der Waals surface area contributed by atoms with Gasteiger partial charge in [-0.1, -0.05) is 62.4 Å². The molecule has 0 saturated carbocycles. The highest BCUT2D eigenvalue weighted by Crippen LogP contribution is 2.44. The molecule has 35 heavy (non-hydrogen) atoms. The number of carbonyl (C=O) groups is 3. The van der Waals surface area contributed by atoms with E-state index in [1.165, 1.54) is 0 Å². The Hall–Kier alpha value is -3.39. The minimum atomic E-state index is -0.964. The second-order valence-corrected chi connectivity index (χ2v) is 9.56. The topological polar surface area (TPSA) is 114 Å². The van der Waals surface area contributed by atoms with E-state index < -0.39 is 42.1 Å². The number of carbonyl (C=O) groups excluding carboxylic acids is 2. The second kappa shape index (κ2) is 10.5. The van der Waals surface area contributed by atoms with Gasteiger partial charge in [0.1, 0.15) is 6.61 Å². The van der Waals surface area contributed by atoms with Crippen molar-refractivity contribution in [3.63, 3.8) is 0 Å². The van der Waals surface area contributed by atoms with Crippen LogP contribution in [0.1, 0.15) is 44.2 Å². The van der Waals surface area contributed by atoms with Crippen LogP contribution >= 0.6 is 0 Å². The van der Waals surface area contributed by atoms with Crippen molar-refractivity contribution in [3.05, 3.63) is 59.7 Å². The molecule has 2 aromatic carbocycles. The fourth-order valence-corrected chi connectivity index (χ4v) is 5.26. The molecule has 2 unspecified atom stereocenters. The number of hydrogen-bond donors (Lipinski definition) is 3. The minimum absolute atomic E-state index is 0.0584. The van der Waals surface area contributed by atoms with Gasteiger partial charge in [0.25, 0.3) is 5.91 Å². The monoisotopic (exact) mass is 480 g/mol. The van der Waals surface area contributed by atoms with Crippen LogP contribution in [0.4, 0.5) is 4.79 Å². The van der Waals surface area contributed by atoms with Crippen LogP contribution in [0, 0.1) is 11.8 Å². The van der Waals surface area contributed by atoms with Crippen molar-refractivity contribution in [2.75, 3.05) is 13.2 Å². The number of carboxylic acids is 1. The standard InChI is InChI=1S/C27H32N2O6/c1-15(2)23(26(31)32)16(3)28-25(30)24-22(12-13-34-24)29-27(33)35-14-21-19-10-6-4-8-17(19)18-9-5-7-11-20(18)21/h4-11,15-16,21-24H,12-14H2,1-3H3,(H,28,30)(H,29,33)(H,31,32)/t16?,22-,23?,24+/m0/s1. The summed E-state index contributed by atoms with van der Waals surface area (Å²) in [6, 6.07) is 15.1. The van der Waals surface area contributed by atoms with Crippen LogP contribution in [-0.2, 0) is 19.1 Å². The Morgan fingerprint density at radius 3 is 2.20 bits per heavy atom. The fraction of sp³-hybridized carbons (Fsp3) is 0.444. The van der Waals surface area contributed by atoms with Gasteiger partial charge < -0.3 is 25.2 Å². The Kier molecular flexibility index (Phi) is 7.40. The van der Waals surface area contributed by atoms with E-state index in [-0.39, 0.29) is 18.4 Å². The molecule has 2 aliphatic rings. The number of rotatable bonds is 8. The van der Waals surface area contributed by atoms with Crippen molar-refractivity contribution in [1.82, 2.24) is 10.6 Å². The highest BCUT2D eigenvalue weighted by atomic mass is 16.6. The number of carboxylic acid groups (broad SMARTS) is 1. The maximum atomic E-state index is 12.8. The second-order valence-electron chi connectivity index (χ2n) is 9.56. The number of hydrogen-bond acceptors (Lipinski definition) is 5. The van der Waals surface area contributed by atoms with Crippen molar-refractivity contribution in [2.45, 2.75) is 51.3 Å². The lowest BCUT2D eigenvalue weighted by Crippen LogP contribution is -2.52. The summed E-state index contributed by atoms with van der Waals surface area (Å²) in [4.78, 5) is 37.1. The molecule has 3 N–H and O–H groups in total. The summed E-state index contributed by atoms with van der Waals surface area (Å²) >= 11 is 0. The van der Waals surface area contributed by atoms with Crippen molar-refractivity contribution < 1.29 is 29.0 Å². The van der Waals surface area contributed by atoms with Gasteiger partial charge in [0.2, 0.25) is 0 Å². The molecule has 1 aliphatic carbocycles. The predicted octanol–water partition coefficient (Wildman–Crippen LogP) is 3.54. The minimum Gasteiger partial charge on any atom is -0.481 e. The van der Waals surface area contributed by atoms with Gasteiger partial charge in [0.15, 0.2) is 6.10 Å². The van der Waals surface area contributed by atoms with E-state index in [4.69, 9.17) is 9.47 Å². The third kappa shape index (κ3) is 5.17. The zero-order chi connectivity index (χ0) is 25.1. The Labute approximate surface area is 205 Å². The van der Waals surface area contributed by atoms with Crippen LogP contribution in [0.15, 0.2) is 48.5 Å². The molecule has 1 fully saturated rings. The van der Waals surface area contributed by atoms with Crippen molar-refractivity contribution in [3.8, 4) is 11.1 Å². The molecule has 8 nitrogen and oxygen atoms in total. The molecular weight excluding hydrogens is 448 g/mol. The predicted molar refractivity (Wildman–Crippen MR) is 130 cm³/mol. The molecule has 0 aromatic heterocycles. The van der Waals surface area contributed by atoms with E-state index in [0.717, 1.165) is 22.3 Å². The van der Waals surface area contributed by atoms with E-state index in [0.29, 0.717) is 13.0 Å². The average Bonchev–Trinajstić information content (AvgIpc) is 3.39. The first-order valence-corrected chi connectivity index (χ1v) is 12.0. The molecule has 2 amide bonds. The van der Waals surface area contributed by atoms with Crippen molar-refractivity contribution in [1.29, 1.82) is 0 Å². The quantitative estimate of drug-likeness (QED) is 0.533. The van der Waals surface area contributed by atoms with E-state index in [2.05, 4.69) is 34.9 Å².